The second kappa shape index (κ2) is 5.95. The molecule has 0 aliphatic carbocycles. The van der Waals surface area contributed by atoms with E-state index in [2.05, 4.69) is 20.8 Å². The van der Waals surface area contributed by atoms with Gasteiger partial charge in [-0.25, -0.2) is 4.68 Å². The van der Waals surface area contributed by atoms with Gasteiger partial charge >= 0.3 is 0 Å². The first kappa shape index (κ1) is 14.2. The number of aryl methyl sites for hydroxylation is 1. The minimum absolute atomic E-state index is 0.246. The number of nitrogens with zero attached hydrogens (tertiary/aromatic N) is 4. The van der Waals surface area contributed by atoms with Gasteiger partial charge in [-0.1, -0.05) is 23.7 Å². The molecule has 2 aromatic carbocycles. The summed E-state index contributed by atoms with van der Waals surface area (Å²) in [4.78, 5) is 12.3. The van der Waals surface area contributed by atoms with Crippen LogP contribution in [-0.2, 0) is 0 Å². The van der Waals surface area contributed by atoms with Crippen LogP contribution in [0.4, 0.5) is 5.69 Å². The largest absolute Gasteiger partial charge is 0.322 e. The fourth-order valence-electron chi connectivity index (χ4n) is 2.05. The molecule has 1 heterocycles. The average Bonchev–Trinajstić information content (AvgIpc) is 3.04. The minimum Gasteiger partial charge on any atom is -0.322 e. The molecule has 22 heavy (non-hydrogen) atoms. The highest BCUT2D eigenvalue weighted by molar-refractivity contribution is 6.34. The molecule has 110 valence electrons. The monoisotopic (exact) mass is 313 g/mol. The molecule has 7 heteroatoms. The van der Waals surface area contributed by atoms with E-state index >= 15 is 0 Å². The van der Waals surface area contributed by atoms with E-state index in [1.165, 1.54) is 6.33 Å². The van der Waals surface area contributed by atoms with Crippen LogP contribution in [0.15, 0.2) is 48.8 Å². The van der Waals surface area contributed by atoms with Crippen molar-refractivity contribution < 1.29 is 4.79 Å². The molecule has 1 amide bonds. The lowest BCUT2D eigenvalue weighted by molar-refractivity contribution is 0.102. The third kappa shape index (κ3) is 2.82. The van der Waals surface area contributed by atoms with Crippen LogP contribution >= 0.6 is 11.6 Å². The van der Waals surface area contributed by atoms with Crippen LogP contribution in [0.1, 0.15) is 15.9 Å². The van der Waals surface area contributed by atoms with Gasteiger partial charge in [0.25, 0.3) is 5.91 Å². The molecule has 3 rings (SSSR count). The van der Waals surface area contributed by atoms with Crippen molar-refractivity contribution in [3.8, 4) is 5.69 Å². The number of amides is 1. The van der Waals surface area contributed by atoms with Crippen LogP contribution in [0, 0.1) is 6.92 Å². The zero-order valence-electron chi connectivity index (χ0n) is 11.7. The fourth-order valence-corrected chi connectivity index (χ4v) is 2.27. The number of carbonyl (C=O) groups excluding carboxylic acids is 1. The number of hydrogen-bond donors (Lipinski definition) is 1. The highest BCUT2D eigenvalue weighted by atomic mass is 35.5. The molecule has 1 N–H and O–H groups in total. The normalized spacial score (nSPS) is 10.5. The fraction of sp³-hybridized carbons (Fsp3) is 0.0667. The second-order valence-corrected chi connectivity index (χ2v) is 5.09. The van der Waals surface area contributed by atoms with Crippen molar-refractivity contribution in [2.75, 3.05) is 5.32 Å². The van der Waals surface area contributed by atoms with E-state index in [0.29, 0.717) is 16.3 Å². The Morgan fingerprint density at radius 3 is 2.73 bits per heavy atom. The summed E-state index contributed by atoms with van der Waals surface area (Å²) >= 11 is 6.03. The quantitative estimate of drug-likeness (QED) is 0.807. The van der Waals surface area contributed by atoms with Crippen molar-refractivity contribution in [3.63, 3.8) is 0 Å². The molecule has 0 bridgehead atoms. The Hall–Kier alpha value is -2.73. The van der Waals surface area contributed by atoms with E-state index < -0.39 is 0 Å². The maximum Gasteiger partial charge on any atom is 0.257 e. The summed E-state index contributed by atoms with van der Waals surface area (Å²) in [6.45, 7) is 1.90. The van der Waals surface area contributed by atoms with E-state index in [4.69, 9.17) is 11.6 Å². The van der Waals surface area contributed by atoms with Gasteiger partial charge in [0.2, 0.25) is 0 Å². The molecular formula is C15H12ClN5O. The number of benzene rings is 2. The Kier molecular flexibility index (Phi) is 3.84. The van der Waals surface area contributed by atoms with E-state index in [9.17, 15) is 4.79 Å². The van der Waals surface area contributed by atoms with Crippen molar-refractivity contribution in [1.82, 2.24) is 20.2 Å². The highest BCUT2D eigenvalue weighted by Crippen LogP contribution is 2.21. The van der Waals surface area contributed by atoms with Crippen molar-refractivity contribution in [2.45, 2.75) is 6.92 Å². The van der Waals surface area contributed by atoms with Gasteiger partial charge in [-0.3, -0.25) is 4.79 Å². The molecular weight excluding hydrogens is 302 g/mol. The molecule has 0 saturated heterocycles. The maximum absolute atomic E-state index is 12.3. The number of tetrazole rings is 1. The molecule has 6 nitrogen and oxygen atoms in total. The first-order chi connectivity index (χ1) is 10.6. The van der Waals surface area contributed by atoms with Crippen LogP contribution in [0.25, 0.3) is 5.69 Å². The predicted octanol–water partition coefficient (Wildman–Crippen LogP) is 2.88. The topological polar surface area (TPSA) is 72.7 Å². The Bertz CT molecular complexity index is 817. The number of anilines is 1. The summed E-state index contributed by atoms with van der Waals surface area (Å²) in [5, 5.41) is 14.3. The van der Waals surface area contributed by atoms with Crippen molar-refractivity contribution in [3.05, 3.63) is 64.9 Å². The molecule has 1 aromatic heterocycles. The summed E-state index contributed by atoms with van der Waals surface area (Å²) in [5.74, 6) is -0.246. The van der Waals surface area contributed by atoms with Crippen LogP contribution in [-0.4, -0.2) is 26.1 Å². The van der Waals surface area contributed by atoms with Gasteiger partial charge in [0.05, 0.1) is 16.3 Å². The van der Waals surface area contributed by atoms with E-state index in [1.807, 2.05) is 19.1 Å². The van der Waals surface area contributed by atoms with Crippen LogP contribution in [0.2, 0.25) is 5.02 Å². The summed E-state index contributed by atoms with van der Waals surface area (Å²) in [5.41, 5.74) is 2.86. The molecule has 0 spiro atoms. The SMILES string of the molecule is Cc1cc(-n2cnnn2)ccc1NC(=O)c1ccccc1Cl. The molecule has 0 fully saturated rings. The zero-order valence-corrected chi connectivity index (χ0v) is 12.4. The maximum atomic E-state index is 12.3. The Balaban J connectivity index is 1.84. The zero-order chi connectivity index (χ0) is 15.5. The average molecular weight is 314 g/mol. The summed E-state index contributed by atoms with van der Waals surface area (Å²) < 4.78 is 1.55. The van der Waals surface area contributed by atoms with Gasteiger partial charge in [-0.05, 0) is 53.2 Å². The third-order valence-electron chi connectivity index (χ3n) is 3.19. The second-order valence-electron chi connectivity index (χ2n) is 4.69. The van der Waals surface area contributed by atoms with E-state index in [1.54, 1.807) is 35.0 Å². The number of carbonyl (C=O) groups is 1. The van der Waals surface area contributed by atoms with Crippen molar-refractivity contribution in [1.29, 1.82) is 0 Å². The summed E-state index contributed by atoms with van der Waals surface area (Å²) in [7, 11) is 0. The number of halogens is 1. The standard InChI is InChI=1S/C15H12ClN5O/c1-10-8-11(21-9-17-19-20-21)6-7-14(10)18-15(22)12-4-2-3-5-13(12)16/h2-9H,1H3,(H,18,22). The number of nitrogens with one attached hydrogen (secondary N) is 1. The lowest BCUT2D eigenvalue weighted by Gasteiger charge is -2.10. The smallest absolute Gasteiger partial charge is 0.257 e. The minimum atomic E-state index is -0.246. The van der Waals surface area contributed by atoms with Crippen molar-refractivity contribution >= 4 is 23.2 Å². The third-order valence-corrected chi connectivity index (χ3v) is 3.52. The van der Waals surface area contributed by atoms with Crippen molar-refractivity contribution in [2.24, 2.45) is 0 Å². The van der Waals surface area contributed by atoms with Gasteiger partial charge in [0.15, 0.2) is 0 Å². The Morgan fingerprint density at radius 1 is 1.23 bits per heavy atom. The van der Waals surface area contributed by atoms with E-state index in [0.717, 1.165) is 11.3 Å². The first-order valence-electron chi connectivity index (χ1n) is 6.55. The summed E-state index contributed by atoms with van der Waals surface area (Å²) in [6.07, 6.45) is 1.51. The molecule has 0 radical (unpaired) electrons. The summed E-state index contributed by atoms with van der Waals surface area (Å²) in [6, 6.07) is 12.4. The molecule has 0 aliphatic rings. The van der Waals surface area contributed by atoms with Gasteiger partial charge < -0.3 is 5.32 Å². The van der Waals surface area contributed by atoms with Crippen LogP contribution < -0.4 is 5.32 Å². The molecule has 0 unspecified atom stereocenters. The lowest BCUT2D eigenvalue weighted by atomic mass is 10.1. The molecule has 0 atom stereocenters. The number of hydrogen-bond acceptors (Lipinski definition) is 4. The molecule has 0 aliphatic heterocycles. The number of rotatable bonds is 3. The van der Waals surface area contributed by atoms with Gasteiger partial charge in [-0.15, -0.1) is 5.10 Å². The highest BCUT2D eigenvalue weighted by Gasteiger charge is 2.11. The lowest BCUT2D eigenvalue weighted by Crippen LogP contribution is -2.13. The van der Waals surface area contributed by atoms with Crippen LogP contribution in [0.5, 0.6) is 0 Å². The Morgan fingerprint density at radius 2 is 2.05 bits per heavy atom. The number of aromatic nitrogens is 4. The predicted molar refractivity (Wildman–Crippen MR) is 83.3 cm³/mol. The van der Waals surface area contributed by atoms with Gasteiger partial charge in [0, 0.05) is 5.69 Å². The molecule has 0 saturated carbocycles. The molecule has 3 aromatic rings. The van der Waals surface area contributed by atoms with Gasteiger partial charge in [-0.2, -0.15) is 0 Å². The Labute approximate surface area is 131 Å². The first-order valence-corrected chi connectivity index (χ1v) is 6.93. The van der Waals surface area contributed by atoms with E-state index in [-0.39, 0.29) is 5.91 Å². The van der Waals surface area contributed by atoms with Crippen LogP contribution in [0.3, 0.4) is 0 Å². The van der Waals surface area contributed by atoms with Gasteiger partial charge in [0.1, 0.15) is 6.33 Å².